The van der Waals surface area contributed by atoms with Crippen molar-refractivity contribution in [3.05, 3.63) is 0 Å². The maximum atomic E-state index is 11.0. The van der Waals surface area contributed by atoms with Crippen LogP contribution in [0.5, 0.6) is 0 Å². The fourth-order valence-electron chi connectivity index (χ4n) is 1.08. The second kappa shape index (κ2) is 7.36. The number of aliphatic hydroxyl groups is 1. The largest absolute Gasteiger partial charge is 0.468 e. The zero-order chi connectivity index (χ0) is 11.8. The van der Waals surface area contributed by atoms with Crippen LogP contribution >= 0.6 is 0 Å². The quantitative estimate of drug-likeness (QED) is 0.459. The van der Waals surface area contributed by atoms with Crippen LogP contribution in [0, 0.1) is 0 Å². The van der Waals surface area contributed by atoms with E-state index in [4.69, 9.17) is 0 Å². The van der Waals surface area contributed by atoms with Crippen LogP contribution in [0.15, 0.2) is 0 Å². The van der Waals surface area contributed by atoms with E-state index in [9.17, 15) is 14.7 Å². The Balaban J connectivity index is 3.54. The van der Waals surface area contributed by atoms with Gasteiger partial charge in [-0.3, -0.25) is 9.59 Å². The molecule has 0 saturated heterocycles. The molecule has 0 aromatic heterocycles. The van der Waals surface area contributed by atoms with E-state index in [0.29, 0.717) is 19.4 Å². The SMILES string of the molecule is COC(=O)[C@H](C)NCCCC(O)C(C)=O. The molecule has 15 heavy (non-hydrogen) atoms. The molecular formula is C10H19NO4. The molecule has 0 radical (unpaired) electrons. The van der Waals surface area contributed by atoms with Gasteiger partial charge >= 0.3 is 5.97 Å². The van der Waals surface area contributed by atoms with Gasteiger partial charge in [0, 0.05) is 0 Å². The number of aliphatic hydroxyl groups excluding tert-OH is 1. The van der Waals surface area contributed by atoms with E-state index in [1.807, 2.05) is 0 Å². The molecule has 0 bridgehead atoms. The van der Waals surface area contributed by atoms with Gasteiger partial charge in [-0.25, -0.2) is 0 Å². The first-order chi connectivity index (χ1) is 6.99. The molecule has 2 atom stereocenters. The summed E-state index contributed by atoms with van der Waals surface area (Å²) in [6.45, 7) is 3.63. The third kappa shape index (κ3) is 6.19. The number of hydrogen-bond acceptors (Lipinski definition) is 5. The smallest absolute Gasteiger partial charge is 0.322 e. The number of ketones is 1. The summed E-state index contributed by atoms with van der Waals surface area (Å²) in [7, 11) is 1.33. The number of hydrogen-bond donors (Lipinski definition) is 2. The standard InChI is InChI=1S/C10H19NO4/c1-7(10(14)15-3)11-6-4-5-9(13)8(2)12/h7,9,11,13H,4-6H2,1-3H3/t7-,9?/m0/s1. The summed E-state index contributed by atoms with van der Waals surface area (Å²) in [6.07, 6.45) is 0.165. The van der Waals surface area contributed by atoms with Gasteiger partial charge in [0.05, 0.1) is 7.11 Å². The third-order valence-electron chi connectivity index (χ3n) is 2.13. The molecule has 0 heterocycles. The van der Waals surface area contributed by atoms with Gasteiger partial charge in [0.15, 0.2) is 5.78 Å². The van der Waals surface area contributed by atoms with Gasteiger partial charge in [-0.05, 0) is 33.2 Å². The first-order valence-electron chi connectivity index (χ1n) is 4.98. The average molecular weight is 217 g/mol. The highest BCUT2D eigenvalue weighted by Gasteiger charge is 2.12. The lowest BCUT2D eigenvalue weighted by atomic mass is 10.1. The van der Waals surface area contributed by atoms with Crippen molar-refractivity contribution in [3.63, 3.8) is 0 Å². The Kier molecular flexibility index (Phi) is 6.90. The van der Waals surface area contributed by atoms with E-state index in [1.54, 1.807) is 6.92 Å². The molecular weight excluding hydrogens is 198 g/mol. The first kappa shape index (κ1) is 14.1. The van der Waals surface area contributed by atoms with E-state index in [1.165, 1.54) is 14.0 Å². The summed E-state index contributed by atoms with van der Waals surface area (Å²) < 4.78 is 4.52. The summed E-state index contributed by atoms with van der Waals surface area (Å²) in [5.74, 6) is -0.543. The van der Waals surface area contributed by atoms with Gasteiger partial charge in [-0.1, -0.05) is 0 Å². The number of nitrogens with one attached hydrogen (secondary N) is 1. The Labute approximate surface area is 89.8 Å². The van der Waals surface area contributed by atoms with Crippen LogP contribution in [0.25, 0.3) is 0 Å². The topological polar surface area (TPSA) is 75.6 Å². The monoisotopic (exact) mass is 217 g/mol. The minimum atomic E-state index is -0.889. The van der Waals surface area contributed by atoms with Gasteiger partial charge in [-0.2, -0.15) is 0 Å². The number of Topliss-reactive ketones (excluding diaryl/α,β-unsaturated/α-hetero) is 1. The molecule has 0 aliphatic rings. The molecule has 0 spiro atoms. The fraction of sp³-hybridized carbons (Fsp3) is 0.800. The summed E-state index contributed by atoms with van der Waals surface area (Å²) in [5.41, 5.74) is 0. The second-order valence-electron chi connectivity index (χ2n) is 3.47. The van der Waals surface area contributed by atoms with Gasteiger partial charge in [0.1, 0.15) is 12.1 Å². The molecule has 0 aliphatic heterocycles. The molecule has 0 aromatic carbocycles. The van der Waals surface area contributed by atoms with E-state index in [2.05, 4.69) is 10.1 Å². The molecule has 5 heteroatoms. The molecule has 0 fully saturated rings. The predicted octanol–water partition coefficient (Wildman–Crippen LogP) is -0.132. The van der Waals surface area contributed by atoms with E-state index in [-0.39, 0.29) is 17.8 Å². The number of carbonyl (C=O) groups excluding carboxylic acids is 2. The van der Waals surface area contributed by atoms with E-state index >= 15 is 0 Å². The lowest BCUT2D eigenvalue weighted by molar-refractivity contribution is -0.142. The molecule has 0 aliphatic carbocycles. The van der Waals surface area contributed by atoms with Crippen molar-refractivity contribution in [1.29, 1.82) is 0 Å². The van der Waals surface area contributed by atoms with Crippen molar-refractivity contribution < 1.29 is 19.4 Å². The normalized spacial score (nSPS) is 14.4. The highest BCUT2D eigenvalue weighted by Crippen LogP contribution is 1.97. The van der Waals surface area contributed by atoms with Crippen LogP contribution in [-0.4, -0.2) is 42.7 Å². The van der Waals surface area contributed by atoms with E-state index in [0.717, 1.165) is 0 Å². The van der Waals surface area contributed by atoms with Crippen molar-refractivity contribution in [2.75, 3.05) is 13.7 Å². The molecule has 0 aromatic rings. The Bertz CT molecular complexity index is 217. The van der Waals surface area contributed by atoms with Crippen LogP contribution in [-0.2, 0) is 14.3 Å². The van der Waals surface area contributed by atoms with Crippen LogP contribution in [0.3, 0.4) is 0 Å². The zero-order valence-electron chi connectivity index (χ0n) is 9.45. The summed E-state index contributed by atoms with van der Waals surface area (Å²) in [4.78, 5) is 21.6. The number of methoxy groups -OCH3 is 1. The van der Waals surface area contributed by atoms with Crippen molar-refractivity contribution in [2.24, 2.45) is 0 Å². The predicted molar refractivity (Wildman–Crippen MR) is 55.4 cm³/mol. The van der Waals surface area contributed by atoms with Crippen LogP contribution < -0.4 is 5.32 Å². The molecule has 88 valence electrons. The van der Waals surface area contributed by atoms with Crippen molar-refractivity contribution >= 4 is 11.8 Å². The van der Waals surface area contributed by atoms with Gasteiger partial charge < -0.3 is 15.2 Å². The molecule has 0 saturated carbocycles. The van der Waals surface area contributed by atoms with Crippen molar-refractivity contribution in [3.8, 4) is 0 Å². The summed E-state index contributed by atoms with van der Waals surface area (Å²) in [5, 5.41) is 12.1. The van der Waals surface area contributed by atoms with Crippen LogP contribution in [0.2, 0.25) is 0 Å². The Morgan fingerprint density at radius 1 is 1.47 bits per heavy atom. The number of carbonyl (C=O) groups is 2. The highest BCUT2D eigenvalue weighted by molar-refractivity contribution is 5.80. The summed E-state index contributed by atoms with van der Waals surface area (Å²) in [6, 6.07) is -0.357. The van der Waals surface area contributed by atoms with Crippen molar-refractivity contribution in [1.82, 2.24) is 5.32 Å². The molecule has 0 rings (SSSR count). The minimum Gasteiger partial charge on any atom is -0.468 e. The van der Waals surface area contributed by atoms with Crippen molar-refractivity contribution in [2.45, 2.75) is 38.8 Å². The lowest BCUT2D eigenvalue weighted by Gasteiger charge is -2.12. The minimum absolute atomic E-state index is 0.226. The second-order valence-corrected chi connectivity index (χ2v) is 3.47. The number of rotatable bonds is 7. The molecule has 1 unspecified atom stereocenters. The maximum Gasteiger partial charge on any atom is 0.322 e. The Morgan fingerprint density at radius 3 is 2.53 bits per heavy atom. The fourth-order valence-corrected chi connectivity index (χ4v) is 1.08. The zero-order valence-corrected chi connectivity index (χ0v) is 9.45. The van der Waals surface area contributed by atoms with Gasteiger partial charge in [-0.15, -0.1) is 0 Å². The van der Waals surface area contributed by atoms with Crippen LogP contribution in [0.4, 0.5) is 0 Å². The van der Waals surface area contributed by atoms with Crippen LogP contribution in [0.1, 0.15) is 26.7 Å². The Morgan fingerprint density at radius 2 is 2.07 bits per heavy atom. The Hall–Kier alpha value is -0.940. The van der Waals surface area contributed by atoms with Gasteiger partial charge in [0.2, 0.25) is 0 Å². The summed E-state index contributed by atoms with van der Waals surface area (Å²) >= 11 is 0. The first-order valence-corrected chi connectivity index (χ1v) is 4.98. The van der Waals surface area contributed by atoms with E-state index < -0.39 is 6.10 Å². The average Bonchev–Trinajstić information content (AvgIpc) is 2.22. The third-order valence-corrected chi connectivity index (χ3v) is 2.13. The van der Waals surface area contributed by atoms with Gasteiger partial charge in [0.25, 0.3) is 0 Å². The molecule has 5 nitrogen and oxygen atoms in total. The number of esters is 1. The molecule has 2 N–H and O–H groups in total. The maximum absolute atomic E-state index is 11.0. The lowest BCUT2D eigenvalue weighted by Crippen LogP contribution is -2.35. The molecule has 0 amide bonds. The highest BCUT2D eigenvalue weighted by atomic mass is 16.5. The number of ether oxygens (including phenoxy) is 1.